The van der Waals surface area contributed by atoms with Crippen LogP contribution in [0.3, 0.4) is 0 Å². The van der Waals surface area contributed by atoms with E-state index in [-0.39, 0.29) is 6.79 Å². The topological polar surface area (TPSA) is 18.5 Å². The highest BCUT2D eigenvalue weighted by Gasteiger charge is 2.28. The van der Waals surface area contributed by atoms with Crippen molar-refractivity contribution in [1.82, 2.24) is 0 Å². The van der Waals surface area contributed by atoms with Crippen molar-refractivity contribution in [1.29, 1.82) is 0 Å². The molecule has 1 aliphatic carbocycles. The van der Waals surface area contributed by atoms with Gasteiger partial charge in [0.05, 0.1) is 0 Å². The quantitative estimate of drug-likeness (QED) is 0.458. The average molecular weight is 330 g/mol. The molecule has 4 rings (SSSR count). The fourth-order valence-corrected chi connectivity index (χ4v) is 3.89. The molecule has 0 unspecified atom stereocenters. The van der Waals surface area contributed by atoms with Gasteiger partial charge < -0.3 is 9.47 Å². The summed E-state index contributed by atoms with van der Waals surface area (Å²) in [5.41, 5.74) is 10.3. The molecular weight excluding hydrogens is 308 g/mol. The standard InChI is InChI=1S/C23H22O2/c1-15-16(2)23(25-14-24-3)20-13-18-11-7-8-12-19(18)22(20)21(15)17-9-5-4-6-10-17/h4-12H,13-14H2,1-3H3. The lowest BCUT2D eigenvalue weighted by Crippen LogP contribution is -2.05. The monoisotopic (exact) mass is 330 g/mol. The summed E-state index contributed by atoms with van der Waals surface area (Å²) in [6.45, 7) is 4.61. The van der Waals surface area contributed by atoms with Gasteiger partial charge >= 0.3 is 0 Å². The highest BCUT2D eigenvalue weighted by atomic mass is 16.7. The summed E-state index contributed by atoms with van der Waals surface area (Å²) in [6, 6.07) is 19.3. The van der Waals surface area contributed by atoms with Gasteiger partial charge in [-0.2, -0.15) is 0 Å². The number of hydrogen-bond acceptors (Lipinski definition) is 2. The van der Waals surface area contributed by atoms with Crippen LogP contribution in [0, 0.1) is 13.8 Å². The lowest BCUT2D eigenvalue weighted by molar-refractivity contribution is 0.0500. The Hall–Kier alpha value is -2.58. The number of methoxy groups -OCH3 is 1. The minimum absolute atomic E-state index is 0.272. The van der Waals surface area contributed by atoms with Gasteiger partial charge in [-0.15, -0.1) is 0 Å². The molecule has 0 bridgehead atoms. The van der Waals surface area contributed by atoms with Gasteiger partial charge in [0.1, 0.15) is 5.75 Å². The fraction of sp³-hybridized carbons (Fsp3) is 0.217. The summed E-state index contributed by atoms with van der Waals surface area (Å²) in [6.07, 6.45) is 0.908. The summed E-state index contributed by atoms with van der Waals surface area (Å²) in [4.78, 5) is 0. The van der Waals surface area contributed by atoms with Crippen molar-refractivity contribution < 1.29 is 9.47 Å². The molecule has 0 aliphatic heterocycles. The Morgan fingerprint density at radius 3 is 2.32 bits per heavy atom. The molecule has 0 aromatic heterocycles. The van der Waals surface area contributed by atoms with Crippen LogP contribution in [0.4, 0.5) is 0 Å². The minimum atomic E-state index is 0.272. The van der Waals surface area contributed by atoms with Gasteiger partial charge in [-0.25, -0.2) is 0 Å². The molecule has 0 N–H and O–H groups in total. The molecule has 2 heteroatoms. The third kappa shape index (κ3) is 2.54. The first-order chi connectivity index (χ1) is 12.2. The van der Waals surface area contributed by atoms with Gasteiger partial charge in [-0.1, -0.05) is 54.6 Å². The van der Waals surface area contributed by atoms with E-state index in [2.05, 4.69) is 68.4 Å². The van der Waals surface area contributed by atoms with Crippen LogP contribution in [-0.2, 0) is 11.2 Å². The first-order valence-corrected chi connectivity index (χ1v) is 8.63. The first-order valence-electron chi connectivity index (χ1n) is 8.63. The van der Waals surface area contributed by atoms with E-state index in [1.165, 1.54) is 44.5 Å². The Balaban J connectivity index is 2.04. The van der Waals surface area contributed by atoms with Crippen LogP contribution in [0.1, 0.15) is 22.3 Å². The molecule has 25 heavy (non-hydrogen) atoms. The normalized spacial score (nSPS) is 12.0. The molecule has 0 radical (unpaired) electrons. The average Bonchev–Trinajstić information content (AvgIpc) is 3.02. The molecule has 3 aromatic carbocycles. The van der Waals surface area contributed by atoms with Crippen LogP contribution >= 0.6 is 0 Å². The van der Waals surface area contributed by atoms with Crippen molar-refractivity contribution >= 4 is 0 Å². The van der Waals surface area contributed by atoms with Crippen LogP contribution in [-0.4, -0.2) is 13.9 Å². The van der Waals surface area contributed by atoms with E-state index in [0.29, 0.717) is 0 Å². The molecule has 0 atom stereocenters. The summed E-state index contributed by atoms with van der Waals surface area (Å²) >= 11 is 0. The predicted octanol–water partition coefficient (Wildman–Crippen LogP) is 5.52. The van der Waals surface area contributed by atoms with Gasteiger partial charge in [0.25, 0.3) is 0 Å². The predicted molar refractivity (Wildman–Crippen MR) is 102 cm³/mol. The molecule has 0 heterocycles. The van der Waals surface area contributed by atoms with Crippen molar-refractivity contribution in [3.63, 3.8) is 0 Å². The van der Waals surface area contributed by atoms with E-state index >= 15 is 0 Å². The van der Waals surface area contributed by atoms with Crippen LogP contribution in [0.25, 0.3) is 22.3 Å². The maximum Gasteiger partial charge on any atom is 0.188 e. The summed E-state index contributed by atoms with van der Waals surface area (Å²) < 4.78 is 11.2. The third-order valence-electron chi connectivity index (χ3n) is 5.14. The molecule has 126 valence electrons. The number of fused-ring (bicyclic) bond motifs is 3. The van der Waals surface area contributed by atoms with E-state index in [4.69, 9.17) is 9.47 Å². The second kappa shape index (κ2) is 6.38. The molecule has 0 fully saturated rings. The number of benzene rings is 3. The second-order valence-corrected chi connectivity index (χ2v) is 6.56. The van der Waals surface area contributed by atoms with Crippen LogP contribution in [0.5, 0.6) is 5.75 Å². The second-order valence-electron chi connectivity index (χ2n) is 6.56. The zero-order valence-corrected chi connectivity index (χ0v) is 14.9. The largest absolute Gasteiger partial charge is 0.467 e. The van der Waals surface area contributed by atoms with Gasteiger partial charge in [-0.3, -0.25) is 0 Å². The molecule has 0 spiro atoms. The highest BCUT2D eigenvalue weighted by molar-refractivity contribution is 5.94. The molecule has 1 aliphatic rings. The van der Waals surface area contributed by atoms with Gasteiger partial charge in [0.2, 0.25) is 0 Å². The Bertz CT molecular complexity index is 927. The van der Waals surface area contributed by atoms with Gasteiger partial charge in [0.15, 0.2) is 6.79 Å². The van der Waals surface area contributed by atoms with Gasteiger partial charge in [0, 0.05) is 19.1 Å². The number of ether oxygens (including phenoxy) is 2. The van der Waals surface area contributed by atoms with E-state index in [9.17, 15) is 0 Å². The molecule has 0 amide bonds. The first kappa shape index (κ1) is 15.9. The Labute approximate surface area is 149 Å². The SMILES string of the molecule is COCOc1c(C)c(C)c(-c2ccccc2)c2c1Cc1ccccc1-2. The van der Waals surface area contributed by atoms with Crippen LogP contribution < -0.4 is 4.74 Å². The fourth-order valence-electron chi connectivity index (χ4n) is 3.89. The Morgan fingerprint density at radius 2 is 1.56 bits per heavy atom. The van der Waals surface area contributed by atoms with Crippen LogP contribution in [0.2, 0.25) is 0 Å². The molecule has 2 nitrogen and oxygen atoms in total. The van der Waals surface area contributed by atoms with Crippen LogP contribution in [0.15, 0.2) is 54.6 Å². The lowest BCUT2D eigenvalue weighted by atomic mass is 9.87. The Morgan fingerprint density at radius 1 is 0.840 bits per heavy atom. The number of hydrogen-bond donors (Lipinski definition) is 0. The molecular formula is C23H22O2. The van der Waals surface area contributed by atoms with Crippen molar-refractivity contribution in [2.24, 2.45) is 0 Å². The summed E-state index contributed by atoms with van der Waals surface area (Å²) in [5.74, 6) is 0.977. The highest BCUT2D eigenvalue weighted by Crippen LogP contribution is 2.50. The van der Waals surface area contributed by atoms with Crippen molar-refractivity contribution in [2.75, 3.05) is 13.9 Å². The molecule has 3 aromatic rings. The van der Waals surface area contributed by atoms with E-state index < -0.39 is 0 Å². The van der Waals surface area contributed by atoms with Crippen molar-refractivity contribution in [3.05, 3.63) is 76.9 Å². The van der Waals surface area contributed by atoms with Crippen molar-refractivity contribution in [2.45, 2.75) is 20.3 Å². The number of rotatable bonds is 4. The zero-order chi connectivity index (χ0) is 17.4. The zero-order valence-electron chi connectivity index (χ0n) is 14.9. The Kier molecular flexibility index (Phi) is 4.06. The molecule has 0 saturated heterocycles. The third-order valence-corrected chi connectivity index (χ3v) is 5.14. The van der Waals surface area contributed by atoms with Gasteiger partial charge in [-0.05, 0) is 52.8 Å². The smallest absolute Gasteiger partial charge is 0.188 e. The van der Waals surface area contributed by atoms with E-state index in [0.717, 1.165) is 12.2 Å². The maximum atomic E-state index is 6.01. The molecule has 0 saturated carbocycles. The lowest BCUT2D eigenvalue weighted by Gasteiger charge is -2.21. The summed E-state index contributed by atoms with van der Waals surface area (Å²) in [5, 5.41) is 0. The van der Waals surface area contributed by atoms with Crippen molar-refractivity contribution in [3.8, 4) is 28.0 Å². The summed E-state index contributed by atoms with van der Waals surface area (Å²) in [7, 11) is 1.66. The van der Waals surface area contributed by atoms with E-state index in [1.54, 1.807) is 7.11 Å². The minimum Gasteiger partial charge on any atom is -0.467 e. The maximum absolute atomic E-state index is 6.01. The van der Waals surface area contributed by atoms with E-state index in [1.807, 2.05) is 0 Å².